The van der Waals surface area contributed by atoms with Gasteiger partial charge in [-0.25, -0.2) is 4.98 Å². The third-order valence-electron chi connectivity index (χ3n) is 5.09. The van der Waals surface area contributed by atoms with Crippen LogP contribution in [0.2, 0.25) is 0 Å². The van der Waals surface area contributed by atoms with E-state index in [0.29, 0.717) is 18.7 Å². The average molecular weight is 423 g/mol. The molecular weight excluding hydrogens is 396 g/mol. The molecule has 6 nitrogen and oxygen atoms in total. The Morgan fingerprint density at radius 1 is 1.10 bits per heavy atom. The van der Waals surface area contributed by atoms with E-state index in [2.05, 4.69) is 10.3 Å². The third kappa shape index (κ3) is 5.24. The predicted molar refractivity (Wildman–Crippen MR) is 119 cm³/mol. The summed E-state index contributed by atoms with van der Waals surface area (Å²) in [7, 11) is 0. The summed E-state index contributed by atoms with van der Waals surface area (Å²) < 4.78 is 5.84. The van der Waals surface area contributed by atoms with Gasteiger partial charge in [0, 0.05) is 31.6 Å². The molecule has 2 heterocycles. The van der Waals surface area contributed by atoms with Crippen LogP contribution >= 0.6 is 11.3 Å². The molecule has 0 aliphatic carbocycles. The SMILES string of the molecule is NC(Cc1ccc(OCc2ccccc2)cc1)c1nc(C(=O)N2CCNCC2)cs1. The Labute approximate surface area is 180 Å². The molecule has 3 N–H and O–H groups in total. The summed E-state index contributed by atoms with van der Waals surface area (Å²) in [5.74, 6) is 0.820. The molecule has 156 valence electrons. The molecule has 3 aromatic rings. The molecule has 2 aromatic carbocycles. The zero-order chi connectivity index (χ0) is 20.8. The van der Waals surface area contributed by atoms with Crippen molar-refractivity contribution in [1.29, 1.82) is 0 Å². The van der Waals surface area contributed by atoms with E-state index in [4.69, 9.17) is 10.5 Å². The number of hydrogen-bond acceptors (Lipinski definition) is 6. The van der Waals surface area contributed by atoms with Crippen molar-refractivity contribution >= 4 is 17.2 Å². The van der Waals surface area contributed by atoms with Crippen molar-refractivity contribution in [3.8, 4) is 5.75 Å². The molecule has 0 saturated carbocycles. The van der Waals surface area contributed by atoms with Crippen LogP contribution in [0, 0.1) is 0 Å². The van der Waals surface area contributed by atoms with E-state index in [-0.39, 0.29) is 11.9 Å². The number of nitrogens with one attached hydrogen (secondary N) is 1. The molecule has 1 atom stereocenters. The molecule has 1 aromatic heterocycles. The van der Waals surface area contributed by atoms with E-state index in [1.165, 1.54) is 11.3 Å². The maximum Gasteiger partial charge on any atom is 0.273 e. The van der Waals surface area contributed by atoms with Crippen LogP contribution in [0.3, 0.4) is 0 Å². The van der Waals surface area contributed by atoms with E-state index in [1.807, 2.05) is 64.9 Å². The Hall–Kier alpha value is -2.74. The van der Waals surface area contributed by atoms with Gasteiger partial charge in [0.05, 0.1) is 6.04 Å². The molecule has 1 saturated heterocycles. The van der Waals surface area contributed by atoms with Gasteiger partial charge in [0.25, 0.3) is 5.91 Å². The molecule has 1 amide bonds. The van der Waals surface area contributed by atoms with Gasteiger partial charge in [-0.05, 0) is 29.7 Å². The van der Waals surface area contributed by atoms with Crippen molar-refractivity contribution in [2.45, 2.75) is 19.1 Å². The minimum absolute atomic E-state index is 0.00822. The number of nitrogens with zero attached hydrogens (tertiary/aromatic N) is 2. The highest BCUT2D eigenvalue weighted by molar-refractivity contribution is 7.09. The van der Waals surface area contributed by atoms with E-state index >= 15 is 0 Å². The number of piperazine rings is 1. The quantitative estimate of drug-likeness (QED) is 0.612. The molecule has 1 unspecified atom stereocenters. The number of carbonyl (C=O) groups excluding carboxylic acids is 1. The van der Waals surface area contributed by atoms with Crippen molar-refractivity contribution in [2.24, 2.45) is 5.73 Å². The predicted octanol–water partition coefficient (Wildman–Crippen LogP) is 3.01. The largest absolute Gasteiger partial charge is 0.489 e. The van der Waals surface area contributed by atoms with Gasteiger partial charge in [-0.15, -0.1) is 11.3 Å². The lowest BCUT2D eigenvalue weighted by molar-refractivity contribution is 0.0730. The Morgan fingerprint density at radius 2 is 1.83 bits per heavy atom. The number of thiazole rings is 1. The Morgan fingerprint density at radius 3 is 2.57 bits per heavy atom. The van der Waals surface area contributed by atoms with Crippen molar-refractivity contribution in [3.05, 3.63) is 81.8 Å². The first-order valence-corrected chi connectivity index (χ1v) is 11.0. The Bertz CT molecular complexity index is 953. The number of hydrogen-bond donors (Lipinski definition) is 2. The van der Waals surface area contributed by atoms with Crippen LogP contribution < -0.4 is 15.8 Å². The van der Waals surface area contributed by atoms with Crippen molar-refractivity contribution in [3.63, 3.8) is 0 Å². The Balaban J connectivity index is 1.32. The average Bonchev–Trinajstić information content (AvgIpc) is 3.30. The van der Waals surface area contributed by atoms with Gasteiger partial charge >= 0.3 is 0 Å². The molecule has 1 fully saturated rings. The zero-order valence-electron chi connectivity index (χ0n) is 16.8. The van der Waals surface area contributed by atoms with Gasteiger partial charge in [-0.3, -0.25) is 4.79 Å². The normalized spacial score (nSPS) is 15.0. The van der Waals surface area contributed by atoms with Crippen LogP contribution in [-0.4, -0.2) is 42.0 Å². The second kappa shape index (κ2) is 9.84. The van der Waals surface area contributed by atoms with Crippen LogP contribution in [0.15, 0.2) is 60.0 Å². The second-order valence-corrected chi connectivity index (χ2v) is 8.23. The number of aromatic nitrogens is 1. The standard InChI is InChI=1S/C23H26N4O2S/c24-20(22-26-21(16-30-22)23(28)27-12-10-25-11-13-27)14-17-6-8-19(9-7-17)29-15-18-4-2-1-3-5-18/h1-9,16,20,25H,10-15,24H2. The highest BCUT2D eigenvalue weighted by atomic mass is 32.1. The number of nitrogens with two attached hydrogens (primary N) is 1. The van der Waals surface area contributed by atoms with Crippen LogP contribution in [0.25, 0.3) is 0 Å². The van der Waals surface area contributed by atoms with Crippen LogP contribution in [0.1, 0.15) is 32.7 Å². The summed E-state index contributed by atoms with van der Waals surface area (Å²) in [4.78, 5) is 18.9. The number of carbonyl (C=O) groups is 1. The first kappa shape index (κ1) is 20.5. The van der Waals surface area contributed by atoms with Crippen LogP contribution in [0.5, 0.6) is 5.75 Å². The summed E-state index contributed by atoms with van der Waals surface area (Å²) in [5.41, 5.74) is 9.12. The van der Waals surface area contributed by atoms with Crippen LogP contribution in [-0.2, 0) is 13.0 Å². The van der Waals surface area contributed by atoms with Gasteiger partial charge in [-0.1, -0.05) is 42.5 Å². The number of rotatable bonds is 7. The first-order valence-electron chi connectivity index (χ1n) is 10.2. The molecule has 1 aliphatic heterocycles. The monoisotopic (exact) mass is 422 g/mol. The van der Waals surface area contributed by atoms with Gasteiger partial charge < -0.3 is 20.7 Å². The van der Waals surface area contributed by atoms with E-state index < -0.39 is 0 Å². The maximum atomic E-state index is 12.6. The second-order valence-electron chi connectivity index (χ2n) is 7.34. The molecule has 0 radical (unpaired) electrons. The summed E-state index contributed by atoms with van der Waals surface area (Å²) in [6.45, 7) is 3.64. The minimum Gasteiger partial charge on any atom is -0.489 e. The molecular formula is C23H26N4O2S. The highest BCUT2D eigenvalue weighted by Crippen LogP contribution is 2.23. The van der Waals surface area contributed by atoms with E-state index in [0.717, 1.165) is 48.1 Å². The molecule has 0 bridgehead atoms. The molecule has 7 heteroatoms. The zero-order valence-corrected chi connectivity index (χ0v) is 17.6. The lowest BCUT2D eigenvalue weighted by Crippen LogP contribution is -2.46. The smallest absolute Gasteiger partial charge is 0.273 e. The third-order valence-corrected chi connectivity index (χ3v) is 6.07. The van der Waals surface area contributed by atoms with Crippen molar-refractivity contribution < 1.29 is 9.53 Å². The van der Waals surface area contributed by atoms with Gasteiger partial charge in [0.15, 0.2) is 0 Å². The van der Waals surface area contributed by atoms with Gasteiger partial charge in [0.2, 0.25) is 0 Å². The first-order chi connectivity index (χ1) is 14.7. The summed E-state index contributed by atoms with van der Waals surface area (Å²) >= 11 is 1.45. The number of amides is 1. The van der Waals surface area contributed by atoms with E-state index in [9.17, 15) is 4.79 Å². The van der Waals surface area contributed by atoms with E-state index in [1.54, 1.807) is 0 Å². The summed E-state index contributed by atoms with van der Waals surface area (Å²) in [6.07, 6.45) is 0.660. The van der Waals surface area contributed by atoms with Crippen molar-refractivity contribution in [1.82, 2.24) is 15.2 Å². The number of ether oxygens (including phenoxy) is 1. The van der Waals surface area contributed by atoms with Crippen LogP contribution in [0.4, 0.5) is 0 Å². The summed E-state index contributed by atoms with van der Waals surface area (Å²) in [6, 6.07) is 17.8. The summed E-state index contributed by atoms with van der Waals surface area (Å²) in [5, 5.41) is 5.86. The minimum atomic E-state index is -0.240. The highest BCUT2D eigenvalue weighted by Gasteiger charge is 2.21. The van der Waals surface area contributed by atoms with Gasteiger partial charge in [-0.2, -0.15) is 0 Å². The number of benzene rings is 2. The Kier molecular flexibility index (Phi) is 6.74. The molecule has 30 heavy (non-hydrogen) atoms. The topological polar surface area (TPSA) is 80.5 Å². The molecule has 0 spiro atoms. The van der Waals surface area contributed by atoms with Gasteiger partial charge in [0.1, 0.15) is 23.1 Å². The lowest BCUT2D eigenvalue weighted by atomic mass is 10.1. The fourth-order valence-corrected chi connectivity index (χ4v) is 4.19. The van der Waals surface area contributed by atoms with Crippen molar-refractivity contribution in [2.75, 3.05) is 26.2 Å². The molecule has 1 aliphatic rings. The maximum absolute atomic E-state index is 12.6. The fraction of sp³-hybridized carbons (Fsp3) is 0.304. The molecule has 4 rings (SSSR count). The lowest BCUT2D eigenvalue weighted by Gasteiger charge is -2.26. The fourth-order valence-electron chi connectivity index (χ4n) is 3.39.